The van der Waals surface area contributed by atoms with Crippen LogP contribution in [-0.2, 0) is 6.42 Å². The maximum Gasteiger partial charge on any atom is 0.123 e. The normalized spacial score (nSPS) is 14.5. The molecule has 0 bridgehead atoms. The molecule has 3 nitrogen and oxygen atoms in total. The maximum absolute atomic E-state index is 12.9. The summed E-state index contributed by atoms with van der Waals surface area (Å²) in [5, 5.41) is 12.8. The first-order valence-corrected chi connectivity index (χ1v) is 6.65. The molecule has 0 spiro atoms. The molecule has 1 heterocycles. The van der Waals surface area contributed by atoms with Crippen molar-refractivity contribution in [3.63, 3.8) is 0 Å². The van der Waals surface area contributed by atoms with Crippen LogP contribution in [0.2, 0.25) is 0 Å². The van der Waals surface area contributed by atoms with E-state index in [9.17, 15) is 9.50 Å². The van der Waals surface area contributed by atoms with Crippen LogP contribution in [0.4, 0.5) is 10.1 Å². The lowest BCUT2D eigenvalue weighted by molar-refractivity contribution is 0.276. The monoisotopic (exact) mass is 273 g/mol. The van der Waals surface area contributed by atoms with Crippen LogP contribution in [0.15, 0.2) is 42.5 Å². The summed E-state index contributed by atoms with van der Waals surface area (Å²) in [6.45, 7) is 0.686. The minimum absolute atomic E-state index is 0.0307. The average molecular weight is 273 g/mol. The van der Waals surface area contributed by atoms with Gasteiger partial charge in [-0.15, -0.1) is 0 Å². The van der Waals surface area contributed by atoms with Crippen LogP contribution in [0.5, 0.6) is 5.75 Å². The Morgan fingerprint density at radius 3 is 2.75 bits per heavy atom. The van der Waals surface area contributed by atoms with E-state index in [-0.39, 0.29) is 18.5 Å². The fraction of sp³-hybridized carbons (Fsp3) is 0.250. The predicted molar refractivity (Wildman–Crippen MR) is 75.5 cm³/mol. The van der Waals surface area contributed by atoms with Gasteiger partial charge in [-0.25, -0.2) is 4.39 Å². The number of aliphatic hydroxyl groups is 1. The summed E-state index contributed by atoms with van der Waals surface area (Å²) < 4.78 is 18.4. The van der Waals surface area contributed by atoms with Crippen molar-refractivity contribution in [3.05, 3.63) is 59.4 Å². The van der Waals surface area contributed by atoms with E-state index >= 15 is 0 Å². The van der Waals surface area contributed by atoms with E-state index in [1.54, 1.807) is 12.1 Å². The Hall–Kier alpha value is -2.07. The van der Waals surface area contributed by atoms with Crippen LogP contribution < -0.4 is 10.1 Å². The molecular weight excluding hydrogens is 257 g/mol. The van der Waals surface area contributed by atoms with Gasteiger partial charge in [0.15, 0.2) is 0 Å². The standard InChI is InChI=1S/C16H16FNO2/c17-13-2-4-14(5-3-13)18-15(10-19)11-1-6-16-12(9-11)7-8-20-16/h1-6,9,15,18-19H,7-8,10H2. The Labute approximate surface area is 117 Å². The van der Waals surface area contributed by atoms with Gasteiger partial charge in [0.25, 0.3) is 0 Å². The summed E-state index contributed by atoms with van der Waals surface area (Å²) in [5.74, 6) is 0.651. The molecule has 0 saturated carbocycles. The molecule has 2 aromatic rings. The van der Waals surface area contributed by atoms with Crippen molar-refractivity contribution in [2.24, 2.45) is 0 Å². The summed E-state index contributed by atoms with van der Waals surface area (Å²) >= 11 is 0. The van der Waals surface area contributed by atoms with Gasteiger partial charge in [-0.1, -0.05) is 6.07 Å². The Morgan fingerprint density at radius 1 is 1.20 bits per heavy atom. The van der Waals surface area contributed by atoms with Crippen molar-refractivity contribution in [3.8, 4) is 5.75 Å². The number of fused-ring (bicyclic) bond motifs is 1. The molecule has 1 unspecified atom stereocenters. The summed E-state index contributed by atoms with van der Waals surface area (Å²) in [7, 11) is 0. The first kappa shape index (κ1) is 12.9. The van der Waals surface area contributed by atoms with Gasteiger partial charge in [0.05, 0.1) is 19.3 Å². The number of hydrogen-bond donors (Lipinski definition) is 2. The zero-order valence-corrected chi connectivity index (χ0v) is 11.0. The van der Waals surface area contributed by atoms with Gasteiger partial charge < -0.3 is 15.2 Å². The van der Waals surface area contributed by atoms with Crippen LogP contribution in [0, 0.1) is 5.82 Å². The van der Waals surface area contributed by atoms with Gasteiger partial charge in [-0.05, 0) is 47.5 Å². The highest BCUT2D eigenvalue weighted by Gasteiger charge is 2.16. The van der Waals surface area contributed by atoms with E-state index in [1.165, 1.54) is 17.7 Å². The van der Waals surface area contributed by atoms with Crippen molar-refractivity contribution in [1.29, 1.82) is 0 Å². The molecule has 0 saturated heterocycles. The molecule has 2 N–H and O–H groups in total. The van der Waals surface area contributed by atoms with Gasteiger partial charge in [0.2, 0.25) is 0 Å². The molecule has 4 heteroatoms. The van der Waals surface area contributed by atoms with Gasteiger partial charge in [-0.3, -0.25) is 0 Å². The van der Waals surface area contributed by atoms with E-state index < -0.39 is 0 Å². The van der Waals surface area contributed by atoms with E-state index in [1.807, 2.05) is 12.1 Å². The summed E-state index contributed by atoms with van der Waals surface area (Å²) in [5.41, 5.74) is 2.95. The van der Waals surface area contributed by atoms with Crippen LogP contribution in [0.25, 0.3) is 0 Å². The molecule has 104 valence electrons. The number of hydrogen-bond acceptors (Lipinski definition) is 3. The second kappa shape index (κ2) is 5.51. The topological polar surface area (TPSA) is 41.5 Å². The van der Waals surface area contributed by atoms with Crippen molar-refractivity contribution in [2.75, 3.05) is 18.5 Å². The molecule has 1 atom stereocenters. The number of halogens is 1. The average Bonchev–Trinajstić information content (AvgIpc) is 2.94. The summed E-state index contributed by atoms with van der Waals surface area (Å²) in [4.78, 5) is 0. The van der Waals surface area contributed by atoms with Crippen LogP contribution >= 0.6 is 0 Å². The van der Waals surface area contributed by atoms with Crippen LogP contribution in [0.3, 0.4) is 0 Å². The molecule has 0 aromatic heterocycles. The maximum atomic E-state index is 12.9. The third kappa shape index (κ3) is 2.60. The molecule has 3 rings (SSSR count). The molecule has 0 radical (unpaired) electrons. The lowest BCUT2D eigenvalue weighted by Crippen LogP contribution is -2.15. The Balaban J connectivity index is 1.81. The molecule has 0 aliphatic carbocycles. The van der Waals surface area contributed by atoms with Crippen molar-refractivity contribution >= 4 is 5.69 Å². The summed E-state index contributed by atoms with van der Waals surface area (Å²) in [6, 6.07) is 11.8. The quantitative estimate of drug-likeness (QED) is 0.900. The molecule has 20 heavy (non-hydrogen) atoms. The number of nitrogens with one attached hydrogen (secondary N) is 1. The van der Waals surface area contributed by atoms with Gasteiger partial charge in [0.1, 0.15) is 11.6 Å². The Kier molecular flexibility index (Phi) is 3.56. The zero-order chi connectivity index (χ0) is 13.9. The van der Waals surface area contributed by atoms with Crippen LogP contribution in [0.1, 0.15) is 17.2 Å². The highest BCUT2D eigenvalue weighted by atomic mass is 19.1. The van der Waals surface area contributed by atoms with Gasteiger partial charge in [-0.2, -0.15) is 0 Å². The fourth-order valence-corrected chi connectivity index (χ4v) is 2.40. The number of ether oxygens (including phenoxy) is 1. The second-order valence-electron chi connectivity index (χ2n) is 4.85. The van der Waals surface area contributed by atoms with Crippen molar-refractivity contribution in [1.82, 2.24) is 0 Å². The van der Waals surface area contributed by atoms with Crippen LogP contribution in [-0.4, -0.2) is 18.3 Å². The molecule has 1 aliphatic rings. The molecule has 2 aromatic carbocycles. The van der Waals surface area contributed by atoms with E-state index in [2.05, 4.69) is 11.4 Å². The highest BCUT2D eigenvalue weighted by Crippen LogP contribution is 2.29. The largest absolute Gasteiger partial charge is 0.493 e. The van der Waals surface area contributed by atoms with E-state index in [0.29, 0.717) is 6.61 Å². The summed E-state index contributed by atoms with van der Waals surface area (Å²) in [6.07, 6.45) is 0.901. The molecule has 0 fully saturated rings. The lowest BCUT2D eigenvalue weighted by Gasteiger charge is -2.18. The molecular formula is C16H16FNO2. The Morgan fingerprint density at radius 2 is 2.00 bits per heavy atom. The van der Waals surface area contributed by atoms with Crippen molar-refractivity contribution < 1.29 is 14.2 Å². The van der Waals surface area contributed by atoms with Gasteiger partial charge in [0, 0.05) is 12.1 Å². The predicted octanol–water partition coefficient (Wildman–Crippen LogP) is 2.91. The first-order chi connectivity index (χ1) is 9.76. The Bertz CT molecular complexity index is 598. The number of rotatable bonds is 4. The van der Waals surface area contributed by atoms with E-state index in [4.69, 9.17) is 4.74 Å². The minimum Gasteiger partial charge on any atom is -0.493 e. The third-order valence-corrected chi connectivity index (χ3v) is 3.48. The highest BCUT2D eigenvalue weighted by molar-refractivity contribution is 5.47. The lowest BCUT2D eigenvalue weighted by atomic mass is 10.0. The number of benzene rings is 2. The minimum atomic E-state index is -0.272. The second-order valence-corrected chi connectivity index (χ2v) is 4.85. The third-order valence-electron chi connectivity index (χ3n) is 3.48. The van der Waals surface area contributed by atoms with E-state index in [0.717, 1.165) is 23.4 Å². The molecule has 1 aliphatic heterocycles. The van der Waals surface area contributed by atoms with Crippen molar-refractivity contribution in [2.45, 2.75) is 12.5 Å². The van der Waals surface area contributed by atoms with Gasteiger partial charge >= 0.3 is 0 Å². The zero-order valence-electron chi connectivity index (χ0n) is 11.0. The molecule has 0 amide bonds. The smallest absolute Gasteiger partial charge is 0.123 e. The SMILES string of the molecule is OCC(Nc1ccc(F)cc1)c1ccc2c(c1)CCO2. The fourth-order valence-electron chi connectivity index (χ4n) is 2.40. The first-order valence-electron chi connectivity index (χ1n) is 6.65. The number of anilines is 1. The number of aliphatic hydroxyl groups excluding tert-OH is 1.